The van der Waals surface area contributed by atoms with Gasteiger partial charge in [0, 0.05) is 50.2 Å². The van der Waals surface area contributed by atoms with Gasteiger partial charge < -0.3 is 20.5 Å². The van der Waals surface area contributed by atoms with Gasteiger partial charge in [0.1, 0.15) is 23.1 Å². The number of ether oxygens (including phenoxy) is 1. The number of aromatic nitrogens is 7. The zero-order valence-electron chi connectivity index (χ0n) is 18.2. The molecule has 3 N–H and O–H groups in total. The summed E-state index contributed by atoms with van der Waals surface area (Å²) in [4.78, 5) is 13.3. The molecule has 0 unspecified atom stereocenters. The van der Waals surface area contributed by atoms with Crippen molar-refractivity contribution in [3.63, 3.8) is 0 Å². The number of phenolic OH excluding ortho intramolecular Hbond substituents is 1. The van der Waals surface area contributed by atoms with E-state index in [9.17, 15) is 5.11 Å². The van der Waals surface area contributed by atoms with E-state index in [0.717, 1.165) is 16.8 Å². The summed E-state index contributed by atoms with van der Waals surface area (Å²) in [5.41, 5.74) is 2.83. The molecule has 11 nitrogen and oxygen atoms in total. The molecule has 11 heteroatoms. The molecule has 0 radical (unpaired) electrons. The fourth-order valence-electron chi connectivity index (χ4n) is 3.43. The van der Waals surface area contributed by atoms with Crippen LogP contribution in [0.3, 0.4) is 0 Å². The summed E-state index contributed by atoms with van der Waals surface area (Å²) in [6.07, 6.45) is 3.37. The Hall–Kier alpha value is -4.67. The molecule has 33 heavy (non-hydrogen) atoms. The van der Waals surface area contributed by atoms with Crippen LogP contribution in [0.5, 0.6) is 11.6 Å². The predicted molar refractivity (Wildman–Crippen MR) is 124 cm³/mol. The van der Waals surface area contributed by atoms with Gasteiger partial charge in [0.2, 0.25) is 5.88 Å². The number of nitrogens with zero attached hydrogens (tertiary/aromatic N) is 7. The van der Waals surface area contributed by atoms with Gasteiger partial charge in [0.15, 0.2) is 11.5 Å². The molecule has 4 aromatic heterocycles. The summed E-state index contributed by atoms with van der Waals surface area (Å²) in [6.45, 7) is 0. The Morgan fingerprint density at radius 3 is 2.70 bits per heavy atom. The third-order valence-electron chi connectivity index (χ3n) is 5.03. The van der Waals surface area contributed by atoms with E-state index in [1.54, 1.807) is 53.1 Å². The van der Waals surface area contributed by atoms with Crippen LogP contribution in [0, 0.1) is 0 Å². The fraction of sp³-hybridized carbons (Fsp3) is 0.136. The highest BCUT2D eigenvalue weighted by molar-refractivity contribution is 5.93. The lowest BCUT2D eigenvalue weighted by atomic mass is 10.2. The van der Waals surface area contributed by atoms with Gasteiger partial charge >= 0.3 is 0 Å². The molecule has 0 fully saturated rings. The number of anilines is 4. The van der Waals surface area contributed by atoms with Crippen LogP contribution in [0.1, 0.15) is 0 Å². The van der Waals surface area contributed by atoms with E-state index < -0.39 is 0 Å². The molecular formula is C22H21N9O2. The van der Waals surface area contributed by atoms with Gasteiger partial charge in [-0.25, -0.2) is 9.97 Å². The third-order valence-corrected chi connectivity index (χ3v) is 5.03. The lowest BCUT2D eigenvalue weighted by molar-refractivity contribution is 0.397. The highest BCUT2D eigenvalue weighted by Crippen LogP contribution is 2.31. The summed E-state index contributed by atoms with van der Waals surface area (Å²) in [5.74, 6) is 2.39. The molecule has 0 saturated heterocycles. The molecular weight excluding hydrogens is 422 g/mol. The van der Waals surface area contributed by atoms with Crippen LogP contribution in [0.15, 0.2) is 54.9 Å². The first-order chi connectivity index (χ1) is 16.0. The average Bonchev–Trinajstić information content (AvgIpc) is 3.37. The molecule has 0 bridgehead atoms. The molecule has 5 rings (SSSR count). The zero-order valence-corrected chi connectivity index (χ0v) is 18.2. The Morgan fingerprint density at radius 2 is 1.88 bits per heavy atom. The number of rotatable bonds is 6. The first-order valence-corrected chi connectivity index (χ1v) is 10.1. The van der Waals surface area contributed by atoms with E-state index in [-0.39, 0.29) is 5.75 Å². The van der Waals surface area contributed by atoms with Gasteiger partial charge in [-0.15, -0.1) is 0 Å². The number of aromatic hydroxyl groups is 1. The second kappa shape index (κ2) is 8.11. The number of hydrogen-bond acceptors (Lipinski definition) is 9. The maximum absolute atomic E-state index is 9.81. The van der Waals surface area contributed by atoms with Gasteiger partial charge in [-0.05, 0) is 12.1 Å². The van der Waals surface area contributed by atoms with Crippen molar-refractivity contribution >= 4 is 34.0 Å². The molecule has 4 heterocycles. The number of benzene rings is 1. The number of hydrogen-bond donors (Lipinski definition) is 3. The molecule has 5 aromatic rings. The highest BCUT2D eigenvalue weighted by atomic mass is 16.5. The molecule has 0 aliphatic carbocycles. The Kier molecular flexibility index (Phi) is 4.98. The maximum Gasteiger partial charge on any atom is 0.216 e. The van der Waals surface area contributed by atoms with Crippen LogP contribution < -0.4 is 15.4 Å². The Balaban J connectivity index is 1.50. The van der Waals surface area contributed by atoms with Crippen LogP contribution in [0.25, 0.3) is 22.6 Å². The first kappa shape index (κ1) is 20.2. The summed E-state index contributed by atoms with van der Waals surface area (Å²) in [6, 6.07) is 12.3. The second-order valence-corrected chi connectivity index (χ2v) is 7.32. The Labute approximate surface area is 188 Å². The second-order valence-electron chi connectivity index (χ2n) is 7.32. The normalized spacial score (nSPS) is 11.0. The van der Waals surface area contributed by atoms with Crippen LogP contribution >= 0.6 is 0 Å². The van der Waals surface area contributed by atoms with Gasteiger partial charge in [0.25, 0.3) is 0 Å². The van der Waals surface area contributed by atoms with Gasteiger partial charge in [-0.2, -0.15) is 15.2 Å². The number of methoxy groups -OCH3 is 1. The van der Waals surface area contributed by atoms with Crippen LogP contribution in [-0.2, 0) is 14.1 Å². The standard InChI is InChI=1S/C22H21N9O2/c1-30-19(11-17(29-30)21-23-8-7-20(28-21)33-3)26-18-10-16(15-12-24-31(2)22(15)27-18)25-13-5-4-6-14(32)9-13/h4-12,32H,1-3H3,(H2,25,26,27). The minimum atomic E-state index is 0.178. The van der Waals surface area contributed by atoms with Crippen molar-refractivity contribution < 1.29 is 9.84 Å². The lowest BCUT2D eigenvalue weighted by Crippen LogP contribution is -2.03. The topological polar surface area (TPSA) is 128 Å². The molecule has 166 valence electrons. The number of aryl methyl sites for hydroxylation is 2. The van der Waals surface area contributed by atoms with Crippen molar-refractivity contribution in [3.8, 4) is 23.1 Å². The lowest BCUT2D eigenvalue weighted by Gasteiger charge is -2.12. The number of pyridine rings is 1. The molecule has 0 spiro atoms. The predicted octanol–water partition coefficient (Wildman–Crippen LogP) is 3.36. The van der Waals surface area contributed by atoms with E-state index in [4.69, 9.17) is 9.72 Å². The van der Waals surface area contributed by atoms with Gasteiger partial charge in [-0.1, -0.05) is 6.07 Å². The third kappa shape index (κ3) is 3.99. The molecule has 0 amide bonds. The summed E-state index contributed by atoms with van der Waals surface area (Å²) in [7, 11) is 5.21. The van der Waals surface area contributed by atoms with Gasteiger partial charge in [0.05, 0.1) is 24.4 Å². The smallest absolute Gasteiger partial charge is 0.216 e. The molecule has 0 aliphatic rings. The molecule has 0 saturated carbocycles. The largest absolute Gasteiger partial charge is 0.508 e. The Bertz CT molecular complexity index is 1460. The Morgan fingerprint density at radius 1 is 1.00 bits per heavy atom. The SMILES string of the molecule is COc1ccnc(-c2cc(Nc3cc(Nc4cccc(O)c4)c4cnn(C)c4n3)n(C)n2)n1. The summed E-state index contributed by atoms with van der Waals surface area (Å²) < 4.78 is 8.57. The average molecular weight is 443 g/mol. The zero-order chi connectivity index (χ0) is 22.9. The van der Waals surface area contributed by atoms with Crippen molar-refractivity contribution in [2.24, 2.45) is 14.1 Å². The monoisotopic (exact) mass is 443 g/mol. The van der Waals surface area contributed by atoms with Crippen LogP contribution in [-0.4, -0.2) is 46.7 Å². The first-order valence-electron chi connectivity index (χ1n) is 10.1. The van der Waals surface area contributed by atoms with Crippen molar-refractivity contribution in [3.05, 3.63) is 54.9 Å². The summed E-state index contributed by atoms with van der Waals surface area (Å²) in [5, 5.41) is 26.1. The minimum Gasteiger partial charge on any atom is -0.508 e. The summed E-state index contributed by atoms with van der Waals surface area (Å²) >= 11 is 0. The fourth-order valence-corrected chi connectivity index (χ4v) is 3.43. The molecule has 0 aliphatic heterocycles. The number of nitrogens with one attached hydrogen (secondary N) is 2. The van der Waals surface area contributed by atoms with Crippen molar-refractivity contribution in [1.29, 1.82) is 0 Å². The van der Waals surface area contributed by atoms with E-state index >= 15 is 0 Å². The molecule has 0 atom stereocenters. The molecule has 1 aromatic carbocycles. The van der Waals surface area contributed by atoms with E-state index in [1.165, 1.54) is 0 Å². The van der Waals surface area contributed by atoms with Crippen molar-refractivity contribution in [2.75, 3.05) is 17.7 Å². The van der Waals surface area contributed by atoms with E-state index in [2.05, 4.69) is 30.8 Å². The van der Waals surface area contributed by atoms with Crippen LogP contribution in [0.2, 0.25) is 0 Å². The van der Waals surface area contributed by atoms with Crippen molar-refractivity contribution in [2.45, 2.75) is 0 Å². The van der Waals surface area contributed by atoms with E-state index in [0.29, 0.717) is 34.7 Å². The highest BCUT2D eigenvalue weighted by Gasteiger charge is 2.14. The maximum atomic E-state index is 9.81. The quantitative estimate of drug-likeness (QED) is 0.362. The minimum absolute atomic E-state index is 0.178. The van der Waals surface area contributed by atoms with E-state index in [1.807, 2.05) is 32.3 Å². The number of fused-ring (bicyclic) bond motifs is 1. The van der Waals surface area contributed by atoms with Gasteiger partial charge in [-0.3, -0.25) is 9.36 Å². The van der Waals surface area contributed by atoms with Crippen LogP contribution in [0.4, 0.5) is 23.0 Å². The van der Waals surface area contributed by atoms with Crippen molar-refractivity contribution in [1.82, 2.24) is 34.5 Å². The number of phenols is 1.